The van der Waals surface area contributed by atoms with E-state index in [0.29, 0.717) is 21.8 Å². The average molecular weight is 919 g/mol. The molecule has 2 radical (unpaired) electrons. The lowest BCUT2D eigenvalue weighted by molar-refractivity contribution is -0.0449. The summed E-state index contributed by atoms with van der Waals surface area (Å²) in [7, 11) is 6.25. The van der Waals surface area contributed by atoms with Gasteiger partial charge in [0.15, 0.2) is 0 Å². The Balaban J connectivity index is 1.08. The van der Waals surface area contributed by atoms with Crippen molar-refractivity contribution in [1.29, 1.82) is 0 Å². The van der Waals surface area contributed by atoms with Crippen molar-refractivity contribution in [2.75, 3.05) is 19.8 Å². The van der Waals surface area contributed by atoms with E-state index < -0.39 is 98.3 Å². The Morgan fingerprint density at radius 1 is 0.705 bits per heavy atom. The van der Waals surface area contributed by atoms with Crippen LogP contribution in [0.1, 0.15) is 49.8 Å². The van der Waals surface area contributed by atoms with Gasteiger partial charge in [-0.2, -0.15) is 0 Å². The Labute approximate surface area is 359 Å². The highest BCUT2D eigenvalue weighted by molar-refractivity contribution is 8.55. The van der Waals surface area contributed by atoms with Crippen LogP contribution in [0, 0.1) is 19.8 Å². The minimum absolute atomic E-state index is 0.0294. The predicted molar refractivity (Wildman–Crippen MR) is 226 cm³/mol. The van der Waals surface area contributed by atoms with Crippen molar-refractivity contribution in [1.82, 2.24) is 19.1 Å². The minimum Gasteiger partial charge on any atom is -0.394 e. The van der Waals surface area contributed by atoms with Gasteiger partial charge in [0, 0.05) is 45.7 Å². The van der Waals surface area contributed by atoms with Crippen LogP contribution >= 0.6 is 36.4 Å². The number of aryl methyl sites for hydroxylation is 2. The quantitative estimate of drug-likeness (QED) is 0.0955. The van der Waals surface area contributed by atoms with Crippen molar-refractivity contribution in [3.8, 4) is 0 Å². The van der Waals surface area contributed by atoms with Crippen molar-refractivity contribution in [2.24, 2.45) is 5.92 Å². The Morgan fingerprint density at radius 3 is 1.67 bits per heavy atom. The third kappa shape index (κ3) is 11.3. The van der Waals surface area contributed by atoms with Crippen LogP contribution in [0.3, 0.4) is 0 Å². The van der Waals surface area contributed by atoms with Gasteiger partial charge in [0.05, 0.1) is 32.0 Å². The minimum atomic E-state index is -4.23. The number of aliphatic hydroxyl groups is 1. The first kappa shape index (κ1) is 45.7. The van der Waals surface area contributed by atoms with E-state index in [-0.39, 0.29) is 30.9 Å². The molecule has 3 aliphatic heterocycles. The summed E-state index contributed by atoms with van der Waals surface area (Å²) in [5, 5.41) is 10.2. The molecule has 4 aromatic rings. The van der Waals surface area contributed by atoms with Gasteiger partial charge < -0.3 is 19.3 Å². The summed E-state index contributed by atoms with van der Waals surface area (Å²) < 4.78 is 74.8. The molecule has 2 unspecified atom stereocenters. The van der Waals surface area contributed by atoms with Gasteiger partial charge >= 0.3 is 25.0 Å². The third-order valence-corrected chi connectivity index (χ3v) is 17.4. The Kier molecular flexibility index (Phi) is 14.7. The van der Waals surface area contributed by atoms with Crippen LogP contribution in [0.25, 0.3) is 0 Å². The van der Waals surface area contributed by atoms with E-state index in [9.17, 15) is 33.4 Å². The molecule has 61 heavy (non-hydrogen) atoms. The van der Waals surface area contributed by atoms with Gasteiger partial charge in [-0.15, -0.1) is 0 Å². The number of rotatable bonds is 17. The van der Waals surface area contributed by atoms with E-state index in [1.165, 1.54) is 28.5 Å². The molecule has 18 nitrogen and oxygen atoms in total. The molecular formula is C38H45BN4O14P2S2. The maximum Gasteiger partial charge on any atom is 0.394 e. The molecule has 7 rings (SSSR count). The molecule has 3 aliphatic rings. The Bertz CT molecular complexity index is 2490. The number of nitrogens with zero attached hydrogens (tertiary/aromatic N) is 2. The lowest BCUT2D eigenvalue weighted by Gasteiger charge is -2.28. The van der Waals surface area contributed by atoms with E-state index in [2.05, 4.69) is 9.97 Å². The van der Waals surface area contributed by atoms with Crippen molar-refractivity contribution in [3.05, 3.63) is 126 Å². The predicted octanol–water partition coefficient (Wildman–Crippen LogP) is 4.79. The fourth-order valence-electron chi connectivity index (χ4n) is 7.03. The van der Waals surface area contributed by atoms with Crippen LogP contribution < -0.4 is 22.5 Å². The molecule has 0 bridgehead atoms. The van der Waals surface area contributed by atoms with E-state index in [1.54, 1.807) is 61.5 Å². The molecule has 11 atom stereocenters. The average Bonchev–Trinajstić information content (AvgIpc) is 3.91. The van der Waals surface area contributed by atoms with Crippen LogP contribution in [0.4, 0.5) is 0 Å². The lowest BCUT2D eigenvalue weighted by atomic mass is 9.96. The molecule has 5 heterocycles. The highest BCUT2D eigenvalue weighted by Gasteiger charge is 2.46. The number of nitrogens with one attached hydrogen (secondary N) is 2. The van der Waals surface area contributed by atoms with Gasteiger partial charge in [0.25, 0.3) is 11.1 Å². The van der Waals surface area contributed by atoms with Gasteiger partial charge in [-0.1, -0.05) is 43.3 Å². The van der Waals surface area contributed by atoms with E-state index in [1.807, 2.05) is 13.0 Å². The summed E-state index contributed by atoms with van der Waals surface area (Å²) >= 11 is 1.69. The van der Waals surface area contributed by atoms with E-state index in [4.69, 9.17) is 40.2 Å². The molecule has 326 valence electrons. The smallest absolute Gasteiger partial charge is 0.394 e. The molecule has 23 heteroatoms. The molecule has 0 amide bonds. The number of H-pyrrole nitrogens is 2. The SMILES string of the molecule is [B][C@H]1C[C@@H](OP(=O)(OC[C@H]2O[C@@H](n3cc(C)c(=O)[nH]c3=O)C[C@H]2C)Sc2ccccc2)[C@@H](COP(=O)(O[C@@H]2C[C@H](n3cc(C)c(=O)[nH]c3=O)O[C@@H]2CO)Sc2ccccc2)O1. The third-order valence-electron chi connectivity index (χ3n) is 10.3. The monoisotopic (exact) mass is 918 g/mol. The fraction of sp³-hybridized carbons (Fsp3) is 0.474. The zero-order valence-electron chi connectivity index (χ0n) is 33.3. The maximum atomic E-state index is 14.8. The summed E-state index contributed by atoms with van der Waals surface area (Å²) in [6, 6.07) is 16.7. The molecular weight excluding hydrogens is 873 g/mol. The zero-order valence-corrected chi connectivity index (χ0v) is 36.7. The molecule has 3 saturated heterocycles. The number of aromatic amines is 2. The topological polar surface area (TPSA) is 229 Å². The second kappa shape index (κ2) is 19.6. The normalized spacial score (nSPS) is 28.4. The summed E-state index contributed by atoms with van der Waals surface area (Å²) in [4.78, 5) is 54.9. The zero-order chi connectivity index (χ0) is 43.5. The largest absolute Gasteiger partial charge is 0.394 e. The lowest BCUT2D eigenvalue weighted by Crippen LogP contribution is -2.33. The molecule has 3 fully saturated rings. The molecule has 2 aromatic heterocycles. The molecule has 2 aromatic carbocycles. The fourth-order valence-corrected chi connectivity index (χ4v) is 14.1. The van der Waals surface area contributed by atoms with Crippen LogP contribution in [-0.4, -0.2) is 88.4 Å². The van der Waals surface area contributed by atoms with Gasteiger partial charge in [0.1, 0.15) is 38.6 Å². The number of hydrogen-bond acceptors (Lipinski definition) is 16. The summed E-state index contributed by atoms with van der Waals surface area (Å²) in [5.74, 6) is -0.146. The highest BCUT2D eigenvalue weighted by Crippen LogP contribution is 2.67. The second-order valence-electron chi connectivity index (χ2n) is 14.9. The van der Waals surface area contributed by atoms with Gasteiger partial charge in [-0.3, -0.25) is 46.8 Å². The van der Waals surface area contributed by atoms with Gasteiger partial charge in [0.2, 0.25) is 0 Å². The first-order valence-electron chi connectivity index (χ1n) is 19.4. The molecule has 0 spiro atoms. The number of aromatic nitrogens is 4. The van der Waals surface area contributed by atoms with Crippen molar-refractivity contribution in [2.45, 2.75) is 98.8 Å². The van der Waals surface area contributed by atoms with E-state index in [0.717, 1.165) is 22.8 Å². The van der Waals surface area contributed by atoms with E-state index >= 15 is 0 Å². The van der Waals surface area contributed by atoms with Crippen LogP contribution in [0.15, 0.2) is 102 Å². The number of ether oxygens (including phenoxy) is 3. The standard InChI is InChI=1S/C38H45BN4O14P2S2/c1-22-14-33(42-17-23(2)35(45)40-37(42)47)55-30(22)20-51-58(49,60-25-10-6-4-7-11-25)56-27-15-32(39)53-31(27)21-52-59(50,61-26-12-8-5-9-13-26)57-28-16-34(54-29(28)19-44)43-18-24(3)36(46)41-38(43)48/h4-13,17-18,22,27-34,44H,14-16,19-21H2,1-3H3,(H,40,45,47)(H,41,46,48)/t22-,27-,28-,29-,30-,31-,32-,33-,34-,58?,59?/m1/s1. The first-order valence-corrected chi connectivity index (χ1v) is 25.4. The van der Waals surface area contributed by atoms with Gasteiger partial charge in [-0.25, -0.2) is 18.7 Å². The Hall–Kier alpha value is -3.30. The number of aliphatic hydroxyl groups excluding tert-OH is 1. The molecule has 0 aliphatic carbocycles. The second-order valence-corrected chi connectivity index (χ2v) is 22.7. The molecule has 0 saturated carbocycles. The Morgan fingerprint density at radius 2 is 1.16 bits per heavy atom. The van der Waals surface area contributed by atoms with Gasteiger partial charge in [-0.05, 0) is 79.6 Å². The van der Waals surface area contributed by atoms with Crippen LogP contribution in [-0.2, 0) is 41.4 Å². The molecule has 3 N–H and O–H groups in total. The maximum absolute atomic E-state index is 14.8. The van der Waals surface area contributed by atoms with Crippen LogP contribution in [0.2, 0.25) is 0 Å². The van der Waals surface area contributed by atoms with Crippen LogP contribution in [0.5, 0.6) is 0 Å². The van der Waals surface area contributed by atoms with Crippen molar-refractivity contribution >= 4 is 44.2 Å². The highest BCUT2D eigenvalue weighted by atomic mass is 32.7. The number of hydrogen-bond donors (Lipinski definition) is 3. The van der Waals surface area contributed by atoms with Crippen molar-refractivity contribution in [3.63, 3.8) is 0 Å². The summed E-state index contributed by atoms with van der Waals surface area (Å²) in [5.41, 5.74) is -1.77. The summed E-state index contributed by atoms with van der Waals surface area (Å²) in [6.45, 7) is -4.45. The first-order chi connectivity index (χ1) is 29.1. The van der Waals surface area contributed by atoms with Crippen molar-refractivity contribution < 1.29 is 46.5 Å². The summed E-state index contributed by atoms with van der Waals surface area (Å²) in [6.07, 6.45) is -3.08. The number of benzene rings is 2.